The van der Waals surface area contributed by atoms with E-state index in [0.717, 1.165) is 0 Å². The van der Waals surface area contributed by atoms with Gasteiger partial charge in [0, 0.05) is 18.7 Å². The molecule has 5 nitrogen and oxygen atoms in total. The van der Waals surface area contributed by atoms with Crippen molar-refractivity contribution in [2.75, 3.05) is 13.1 Å². The Kier molecular flexibility index (Phi) is 3.53. The minimum atomic E-state index is -1.25. The van der Waals surface area contributed by atoms with Crippen molar-refractivity contribution in [1.82, 2.24) is 4.90 Å². The van der Waals surface area contributed by atoms with Crippen LogP contribution in [0.3, 0.4) is 0 Å². The first kappa shape index (κ1) is 13.5. The van der Waals surface area contributed by atoms with E-state index in [-0.39, 0.29) is 18.7 Å². The lowest BCUT2D eigenvalue weighted by Crippen LogP contribution is -2.56. The molecule has 1 amide bonds. The van der Waals surface area contributed by atoms with Crippen LogP contribution in [0.4, 0.5) is 4.39 Å². The highest BCUT2D eigenvalue weighted by atomic mass is 19.1. The van der Waals surface area contributed by atoms with Crippen molar-refractivity contribution in [3.05, 3.63) is 35.6 Å². The molecule has 3 N–H and O–H groups in total. The summed E-state index contributed by atoms with van der Waals surface area (Å²) in [5.41, 5.74) is 4.88. The number of nitrogens with zero attached hydrogens (tertiary/aromatic N) is 1. The highest BCUT2D eigenvalue weighted by Gasteiger charge is 2.38. The molecule has 102 valence electrons. The van der Waals surface area contributed by atoms with Gasteiger partial charge in [0.25, 0.3) is 5.91 Å². The largest absolute Gasteiger partial charge is 0.480 e. The van der Waals surface area contributed by atoms with Crippen molar-refractivity contribution < 1.29 is 19.1 Å². The first-order chi connectivity index (χ1) is 8.92. The lowest BCUT2D eigenvalue weighted by atomic mass is 9.88. The summed E-state index contributed by atoms with van der Waals surface area (Å²) in [6.45, 7) is 0.581. The summed E-state index contributed by atoms with van der Waals surface area (Å²) in [4.78, 5) is 24.6. The highest BCUT2D eigenvalue weighted by molar-refractivity contribution is 5.94. The fourth-order valence-electron chi connectivity index (χ4n) is 2.10. The van der Waals surface area contributed by atoms with Crippen LogP contribution in [0.15, 0.2) is 24.3 Å². The SMILES string of the molecule is NC1(C(=O)O)CCN(C(=O)c2ccc(F)cc2)CC1. The molecule has 1 aliphatic rings. The van der Waals surface area contributed by atoms with Crippen molar-refractivity contribution in [3.63, 3.8) is 0 Å². The molecule has 0 radical (unpaired) electrons. The Labute approximate surface area is 109 Å². The predicted octanol–water partition coefficient (Wildman–Crippen LogP) is 0.844. The topological polar surface area (TPSA) is 83.6 Å². The zero-order valence-electron chi connectivity index (χ0n) is 10.3. The van der Waals surface area contributed by atoms with Gasteiger partial charge in [-0.15, -0.1) is 0 Å². The maximum absolute atomic E-state index is 12.8. The second kappa shape index (κ2) is 4.97. The molecule has 19 heavy (non-hydrogen) atoms. The lowest BCUT2D eigenvalue weighted by molar-refractivity contribution is -0.145. The van der Waals surface area contributed by atoms with E-state index in [1.807, 2.05) is 0 Å². The summed E-state index contributed by atoms with van der Waals surface area (Å²) < 4.78 is 12.8. The molecule has 1 fully saturated rings. The molecule has 1 aromatic carbocycles. The van der Waals surface area contributed by atoms with E-state index in [0.29, 0.717) is 18.7 Å². The van der Waals surface area contributed by atoms with E-state index >= 15 is 0 Å². The van der Waals surface area contributed by atoms with Crippen LogP contribution >= 0.6 is 0 Å². The van der Waals surface area contributed by atoms with E-state index in [2.05, 4.69) is 0 Å². The van der Waals surface area contributed by atoms with Crippen LogP contribution in [-0.4, -0.2) is 40.5 Å². The third kappa shape index (κ3) is 2.73. The minimum Gasteiger partial charge on any atom is -0.480 e. The molecule has 1 aliphatic heterocycles. The maximum Gasteiger partial charge on any atom is 0.323 e. The number of hydrogen-bond donors (Lipinski definition) is 2. The molecule has 0 atom stereocenters. The summed E-state index contributed by atoms with van der Waals surface area (Å²) in [5.74, 6) is -1.67. The molecule has 0 aliphatic carbocycles. The summed E-state index contributed by atoms with van der Waals surface area (Å²) in [7, 11) is 0. The second-order valence-electron chi connectivity index (χ2n) is 4.76. The number of aliphatic carboxylic acids is 1. The van der Waals surface area contributed by atoms with Gasteiger partial charge < -0.3 is 15.7 Å². The normalized spacial score (nSPS) is 18.1. The monoisotopic (exact) mass is 266 g/mol. The number of rotatable bonds is 2. The summed E-state index contributed by atoms with van der Waals surface area (Å²) >= 11 is 0. The summed E-state index contributed by atoms with van der Waals surface area (Å²) in [5, 5.41) is 9.00. The number of likely N-dealkylation sites (tertiary alicyclic amines) is 1. The number of amides is 1. The van der Waals surface area contributed by atoms with E-state index in [4.69, 9.17) is 10.8 Å². The van der Waals surface area contributed by atoms with Gasteiger partial charge in [-0.25, -0.2) is 4.39 Å². The third-order valence-electron chi connectivity index (χ3n) is 3.46. The predicted molar refractivity (Wildman–Crippen MR) is 66.1 cm³/mol. The zero-order valence-corrected chi connectivity index (χ0v) is 10.3. The van der Waals surface area contributed by atoms with Gasteiger partial charge in [0.1, 0.15) is 11.4 Å². The van der Waals surface area contributed by atoms with Crippen LogP contribution in [0.25, 0.3) is 0 Å². The van der Waals surface area contributed by atoms with Gasteiger partial charge in [-0.3, -0.25) is 9.59 Å². The molecule has 1 saturated heterocycles. The molecular weight excluding hydrogens is 251 g/mol. The Morgan fingerprint density at radius 2 is 1.74 bits per heavy atom. The number of halogens is 1. The molecular formula is C13H15FN2O3. The molecule has 0 unspecified atom stereocenters. The number of carbonyl (C=O) groups is 2. The van der Waals surface area contributed by atoms with E-state index in [1.54, 1.807) is 4.90 Å². The number of piperidine rings is 1. The molecule has 0 saturated carbocycles. The molecule has 1 aromatic rings. The van der Waals surface area contributed by atoms with Crippen molar-refractivity contribution >= 4 is 11.9 Å². The van der Waals surface area contributed by atoms with Crippen LogP contribution < -0.4 is 5.73 Å². The van der Waals surface area contributed by atoms with Crippen LogP contribution in [0.5, 0.6) is 0 Å². The van der Waals surface area contributed by atoms with Gasteiger partial charge in [-0.1, -0.05) is 0 Å². The molecule has 0 spiro atoms. The summed E-state index contributed by atoms with van der Waals surface area (Å²) in [6, 6.07) is 5.28. The smallest absolute Gasteiger partial charge is 0.323 e. The number of carboxylic acid groups (broad SMARTS) is 1. The third-order valence-corrected chi connectivity index (χ3v) is 3.46. The molecule has 0 aromatic heterocycles. The Hall–Kier alpha value is -1.95. The summed E-state index contributed by atoms with van der Waals surface area (Å²) in [6.07, 6.45) is 0.435. The number of hydrogen-bond acceptors (Lipinski definition) is 3. The van der Waals surface area contributed by atoms with Crippen molar-refractivity contribution in [1.29, 1.82) is 0 Å². The molecule has 2 rings (SSSR count). The van der Waals surface area contributed by atoms with Crippen molar-refractivity contribution in [2.24, 2.45) is 5.73 Å². The Balaban J connectivity index is 2.04. The van der Waals surface area contributed by atoms with Gasteiger partial charge in [0.05, 0.1) is 0 Å². The van der Waals surface area contributed by atoms with Gasteiger partial charge in [0.2, 0.25) is 0 Å². The van der Waals surface area contributed by atoms with Crippen LogP contribution in [0, 0.1) is 5.82 Å². The van der Waals surface area contributed by atoms with E-state index < -0.39 is 17.3 Å². The maximum atomic E-state index is 12.8. The first-order valence-electron chi connectivity index (χ1n) is 5.99. The van der Waals surface area contributed by atoms with Crippen LogP contribution in [-0.2, 0) is 4.79 Å². The van der Waals surface area contributed by atoms with Crippen molar-refractivity contribution in [2.45, 2.75) is 18.4 Å². The Morgan fingerprint density at radius 1 is 1.21 bits per heavy atom. The first-order valence-corrected chi connectivity index (χ1v) is 5.99. The Morgan fingerprint density at radius 3 is 2.21 bits per heavy atom. The Bertz CT molecular complexity index is 493. The number of carbonyl (C=O) groups excluding carboxylic acids is 1. The van der Waals surface area contributed by atoms with Gasteiger partial charge >= 0.3 is 5.97 Å². The van der Waals surface area contributed by atoms with Gasteiger partial charge in [-0.05, 0) is 37.1 Å². The zero-order chi connectivity index (χ0) is 14.0. The van der Waals surface area contributed by atoms with E-state index in [1.165, 1.54) is 24.3 Å². The number of nitrogens with two attached hydrogens (primary N) is 1. The van der Waals surface area contributed by atoms with Gasteiger partial charge in [0.15, 0.2) is 0 Å². The van der Waals surface area contributed by atoms with Crippen LogP contribution in [0.1, 0.15) is 23.2 Å². The van der Waals surface area contributed by atoms with Crippen LogP contribution in [0.2, 0.25) is 0 Å². The average Bonchev–Trinajstić information content (AvgIpc) is 2.39. The minimum absolute atomic E-state index is 0.218. The molecule has 1 heterocycles. The van der Waals surface area contributed by atoms with Crippen molar-refractivity contribution in [3.8, 4) is 0 Å². The lowest BCUT2D eigenvalue weighted by Gasteiger charge is -2.36. The van der Waals surface area contributed by atoms with E-state index in [9.17, 15) is 14.0 Å². The average molecular weight is 266 g/mol. The fraction of sp³-hybridized carbons (Fsp3) is 0.385. The molecule has 0 bridgehead atoms. The quantitative estimate of drug-likeness (QED) is 0.831. The highest BCUT2D eigenvalue weighted by Crippen LogP contribution is 2.21. The second-order valence-corrected chi connectivity index (χ2v) is 4.76. The fourth-order valence-corrected chi connectivity index (χ4v) is 2.10. The molecule has 6 heteroatoms. The number of carboxylic acids is 1. The van der Waals surface area contributed by atoms with Gasteiger partial charge in [-0.2, -0.15) is 0 Å². The number of benzene rings is 1. The standard InChI is InChI=1S/C13H15FN2O3/c14-10-3-1-9(2-4-10)11(17)16-7-5-13(15,6-8-16)12(18)19/h1-4H,5-8,15H2,(H,18,19).